The summed E-state index contributed by atoms with van der Waals surface area (Å²) in [6.45, 7) is 0.410. The minimum absolute atomic E-state index is 0.0264. The van der Waals surface area contributed by atoms with Crippen molar-refractivity contribution in [2.24, 2.45) is 0 Å². The van der Waals surface area contributed by atoms with Gasteiger partial charge in [-0.2, -0.15) is 0 Å². The van der Waals surface area contributed by atoms with Crippen LogP contribution in [0.5, 0.6) is 0 Å². The molecule has 1 fully saturated rings. The van der Waals surface area contributed by atoms with Gasteiger partial charge in [-0.25, -0.2) is 0 Å². The molecule has 0 saturated carbocycles. The van der Waals surface area contributed by atoms with Gasteiger partial charge in [0.05, 0.1) is 6.54 Å². The zero-order chi connectivity index (χ0) is 11.0. The third-order valence-corrected chi connectivity index (χ3v) is 3.22. The maximum atomic E-state index is 11.2. The van der Waals surface area contributed by atoms with Crippen LogP contribution >= 0.6 is 27.5 Å². The van der Waals surface area contributed by atoms with Crippen molar-refractivity contribution in [1.82, 2.24) is 10.2 Å². The lowest BCUT2D eigenvalue weighted by Gasteiger charge is -2.19. The van der Waals surface area contributed by atoms with Crippen molar-refractivity contribution in [2.45, 2.75) is 6.17 Å². The van der Waals surface area contributed by atoms with Crippen molar-refractivity contribution >= 4 is 33.4 Å². The number of nitrogens with one attached hydrogen (secondary N) is 1. The summed E-state index contributed by atoms with van der Waals surface area (Å²) in [6, 6.07) is 5.62. The monoisotopic (exact) mass is 288 g/mol. The van der Waals surface area contributed by atoms with E-state index >= 15 is 0 Å². The summed E-state index contributed by atoms with van der Waals surface area (Å²) in [4.78, 5) is 13.2. The van der Waals surface area contributed by atoms with Crippen LogP contribution in [0.3, 0.4) is 0 Å². The third-order valence-electron chi connectivity index (χ3n) is 2.38. The largest absolute Gasteiger partial charge is 0.335 e. The first-order valence-electron chi connectivity index (χ1n) is 4.52. The molecule has 1 aromatic carbocycles. The second kappa shape index (κ2) is 4.12. The zero-order valence-corrected chi connectivity index (χ0v) is 10.5. The lowest BCUT2D eigenvalue weighted by molar-refractivity contribution is -0.118. The fourth-order valence-electron chi connectivity index (χ4n) is 1.67. The molecule has 1 aliphatic heterocycles. The Hall–Kier alpha value is -0.580. The quantitative estimate of drug-likeness (QED) is 0.859. The summed E-state index contributed by atoms with van der Waals surface area (Å²) in [6.07, 6.45) is -0.123. The van der Waals surface area contributed by atoms with Gasteiger partial charge in [0.2, 0.25) is 5.91 Å². The number of halogens is 2. The summed E-state index contributed by atoms with van der Waals surface area (Å²) >= 11 is 9.48. The molecule has 1 saturated heterocycles. The molecule has 2 rings (SSSR count). The molecule has 1 atom stereocenters. The SMILES string of the molecule is CN1CC(=O)N[C@@H]1c1cc(Br)ccc1Cl. The van der Waals surface area contributed by atoms with Crippen LogP contribution in [0, 0.1) is 0 Å². The van der Waals surface area contributed by atoms with E-state index in [2.05, 4.69) is 21.2 Å². The van der Waals surface area contributed by atoms with Gasteiger partial charge in [0.25, 0.3) is 0 Å². The molecule has 80 valence electrons. The van der Waals surface area contributed by atoms with Crippen LogP contribution in [0.1, 0.15) is 11.7 Å². The van der Waals surface area contributed by atoms with Crippen LogP contribution in [-0.2, 0) is 4.79 Å². The number of benzene rings is 1. The van der Waals surface area contributed by atoms with Crippen LogP contribution in [0.15, 0.2) is 22.7 Å². The van der Waals surface area contributed by atoms with Gasteiger partial charge in [0.15, 0.2) is 0 Å². The molecule has 1 aromatic rings. The summed E-state index contributed by atoms with van der Waals surface area (Å²) in [5.74, 6) is 0.0264. The summed E-state index contributed by atoms with van der Waals surface area (Å²) in [7, 11) is 1.89. The number of carbonyl (C=O) groups excluding carboxylic acids is 1. The van der Waals surface area contributed by atoms with Gasteiger partial charge in [-0.15, -0.1) is 0 Å². The van der Waals surface area contributed by atoms with E-state index in [0.29, 0.717) is 11.6 Å². The van der Waals surface area contributed by atoms with E-state index in [-0.39, 0.29) is 12.1 Å². The van der Waals surface area contributed by atoms with Crippen LogP contribution in [0.2, 0.25) is 5.02 Å². The summed E-state index contributed by atoms with van der Waals surface area (Å²) in [5.41, 5.74) is 0.916. The molecule has 3 nitrogen and oxygen atoms in total. The van der Waals surface area contributed by atoms with Gasteiger partial charge in [-0.3, -0.25) is 9.69 Å². The van der Waals surface area contributed by atoms with Crippen LogP contribution < -0.4 is 5.32 Å². The molecule has 0 unspecified atom stereocenters. The van der Waals surface area contributed by atoms with Crippen LogP contribution in [-0.4, -0.2) is 24.4 Å². The van der Waals surface area contributed by atoms with Crippen molar-refractivity contribution < 1.29 is 4.79 Å². The molecule has 1 N–H and O–H groups in total. The molecule has 1 heterocycles. The smallest absolute Gasteiger partial charge is 0.235 e. The lowest BCUT2D eigenvalue weighted by Crippen LogP contribution is -2.24. The molecular weight excluding hydrogens is 279 g/mol. The molecule has 1 amide bonds. The molecule has 0 spiro atoms. The highest BCUT2D eigenvalue weighted by atomic mass is 79.9. The number of nitrogens with zero attached hydrogens (tertiary/aromatic N) is 1. The van der Waals surface area contributed by atoms with E-state index in [4.69, 9.17) is 11.6 Å². The topological polar surface area (TPSA) is 32.3 Å². The number of likely N-dealkylation sites (N-methyl/N-ethyl adjacent to an activating group) is 1. The van der Waals surface area contributed by atoms with Crippen molar-refractivity contribution in [1.29, 1.82) is 0 Å². The van der Waals surface area contributed by atoms with E-state index in [0.717, 1.165) is 10.0 Å². The normalized spacial score (nSPS) is 21.8. The average molecular weight is 290 g/mol. The highest BCUT2D eigenvalue weighted by Crippen LogP contribution is 2.29. The molecule has 0 bridgehead atoms. The Morgan fingerprint density at radius 2 is 2.33 bits per heavy atom. The number of carbonyl (C=O) groups is 1. The number of rotatable bonds is 1. The Labute approximate surface area is 102 Å². The fraction of sp³-hybridized carbons (Fsp3) is 0.300. The predicted molar refractivity (Wildman–Crippen MR) is 62.7 cm³/mol. The van der Waals surface area contributed by atoms with E-state index in [1.807, 2.05) is 30.1 Å². The minimum Gasteiger partial charge on any atom is -0.335 e. The van der Waals surface area contributed by atoms with Gasteiger partial charge in [-0.1, -0.05) is 27.5 Å². The Morgan fingerprint density at radius 3 is 2.93 bits per heavy atom. The second-order valence-corrected chi connectivity index (χ2v) is 4.87. The first-order chi connectivity index (χ1) is 7.08. The van der Waals surface area contributed by atoms with E-state index in [1.54, 1.807) is 0 Å². The summed E-state index contributed by atoms with van der Waals surface area (Å²) < 4.78 is 0.955. The highest BCUT2D eigenvalue weighted by Gasteiger charge is 2.29. The average Bonchev–Trinajstić information content (AvgIpc) is 2.50. The lowest BCUT2D eigenvalue weighted by atomic mass is 10.1. The number of amides is 1. The molecule has 1 aliphatic rings. The number of hydrogen-bond donors (Lipinski definition) is 1. The van der Waals surface area contributed by atoms with Crippen molar-refractivity contribution in [3.8, 4) is 0 Å². The van der Waals surface area contributed by atoms with Gasteiger partial charge >= 0.3 is 0 Å². The maximum absolute atomic E-state index is 11.2. The first kappa shape index (κ1) is 10.9. The molecule has 5 heteroatoms. The molecule has 0 aromatic heterocycles. The van der Waals surface area contributed by atoms with Gasteiger partial charge < -0.3 is 5.32 Å². The second-order valence-electron chi connectivity index (χ2n) is 3.55. The minimum atomic E-state index is -0.123. The Balaban J connectivity index is 2.36. The van der Waals surface area contributed by atoms with Gasteiger partial charge in [-0.05, 0) is 25.2 Å². The standard InChI is InChI=1S/C10H10BrClN2O/c1-14-5-9(15)13-10(14)7-4-6(11)2-3-8(7)12/h2-4,10H,5H2,1H3,(H,13,15)/t10-/m0/s1. The predicted octanol–water partition coefficient (Wildman–Crippen LogP) is 2.16. The first-order valence-corrected chi connectivity index (χ1v) is 5.69. The Bertz CT molecular complexity index is 410. The zero-order valence-electron chi connectivity index (χ0n) is 8.13. The highest BCUT2D eigenvalue weighted by molar-refractivity contribution is 9.10. The Kier molecular flexibility index (Phi) is 3.00. The maximum Gasteiger partial charge on any atom is 0.235 e. The van der Waals surface area contributed by atoms with Crippen molar-refractivity contribution in [3.63, 3.8) is 0 Å². The van der Waals surface area contributed by atoms with E-state index < -0.39 is 0 Å². The van der Waals surface area contributed by atoms with E-state index in [9.17, 15) is 4.79 Å². The molecule has 15 heavy (non-hydrogen) atoms. The third kappa shape index (κ3) is 2.17. The van der Waals surface area contributed by atoms with Crippen molar-refractivity contribution in [2.75, 3.05) is 13.6 Å². The molecular formula is C10H10BrClN2O. The summed E-state index contributed by atoms with van der Waals surface area (Å²) in [5, 5.41) is 3.53. The molecule has 0 radical (unpaired) electrons. The fourth-order valence-corrected chi connectivity index (χ4v) is 2.27. The molecule has 0 aliphatic carbocycles. The van der Waals surface area contributed by atoms with Crippen LogP contribution in [0.25, 0.3) is 0 Å². The van der Waals surface area contributed by atoms with Gasteiger partial charge in [0, 0.05) is 15.1 Å². The number of hydrogen-bond acceptors (Lipinski definition) is 2. The Morgan fingerprint density at radius 1 is 1.60 bits per heavy atom. The van der Waals surface area contributed by atoms with Crippen molar-refractivity contribution in [3.05, 3.63) is 33.3 Å². The van der Waals surface area contributed by atoms with Crippen LogP contribution in [0.4, 0.5) is 0 Å². The van der Waals surface area contributed by atoms with Gasteiger partial charge in [0.1, 0.15) is 6.17 Å². The van der Waals surface area contributed by atoms with E-state index in [1.165, 1.54) is 0 Å².